The summed E-state index contributed by atoms with van der Waals surface area (Å²) >= 11 is 1.31. The second kappa shape index (κ2) is 4.51. The van der Waals surface area contributed by atoms with E-state index in [1.807, 2.05) is 31.2 Å². The van der Waals surface area contributed by atoms with Crippen molar-refractivity contribution in [1.29, 1.82) is 0 Å². The molecule has 0 spiro atoms. The number of furan rings is 1. The number of methoxy groups -OCH3 is 1. The van der Waals surface area contributed by atoms with Gasteiger partial charge in [0.15, 0.2) is 0 Å². The van der Waals surface area contributed by atoms with Crippen LogP contribution in [0.3, 0.4) is 0 Å². The lowest BCUT2D eigenvalue weighted by Gasteiger charge is -1.94. The fourth-order valence-electron chi connectivity index (χ4n) is 2.02. The lowest BCUT2D eigenvalue weighted by Crippen LogP contribution is -1.96. The number of carbonyl (C=O) groups is 1. The largest absolute Gasteiger partial charge is 0.465 e. The quantitative estimate of drug-likeness (QED) is 0.669. The normalized spacial score (nSPS) is 10.8. The molecule has 5 heteroatoms. The summed E-state index contributed by atoms with van der Waals surface area (Å²) in [6.45, 7) is 1.90. The van der Waals surface area contributed by atoms with Crippen LogP contribution in [-0.4, -0.2) is 18.1 Å². The Morgan fingerprint density at radius 1 is 1.37 bits per heavy atom. The maximum atomic E-state index is 11.5. The molecule has 0 atom stereocenters. The van der Waals surface area contributed by atoms with Crippen molar-refractivity contribution in [3.8, 4) is 10.6 Å². The molecule has 0 unspecified atom stereocenters. The number of ether oxygens (including phenoxy) is 1. The number of rotatable bonds is 2. The van der Waals surface area contributed by atoms with E-state index in [0.717, 1.165) is 27.3 Å². The number of carbonyl (C=O) groups excluding carboxylic acids is 1. The number of aryl methyl sites for hydroxylation is 1. The topological polar surface area (TPSA) is 52.3 Å². The number of fused-ring (bicyclic) bond motifs is 1. The first kappa shape index (κ1) is 11.9. The van der Waals surface area contributed by atoms with Crippen LogP contribution in [-0.2, 0) is 4.74 Å². The van der Waals surface area contributed by atoms with E-state index < -0.39 is 0 Å². The number of aromatic nitrogens is 1. The fourth-order valence-corrected chi connectivity index (χ4v) is 2.96. The van der Waals surface area contributed by atoms with E-state index in [4.69, 9.17) is 9.15 Å². The zero-order valence-electron chi connectivity index (χ0n) is 10.5. The molecule has 0 aliphatic heterocycles. The second-order valence-electron chi connectivity index (χ2n) is 4.05. The van der Waals surface area contributed by atoms with Crippen LogP contribution in [0.4, 0.5) is 0 Å². The summed E-state index contributed by atoms with van der Waals surface area (Å²) in [7, 11) is 1.36. The number of para-hydroxylation sites is 1. The van der Waals surface area contributed by atoms with E-state index in [2.05, 4.69) is 4.98 Å². The van der Waals surface area contributed by atoms with Crippen LogP contribution in [0.2, 0.25) is 0 Å². The summed E-state index contributed by atoms with van der Waals surface area (Å²) in [5.74, 6) is 0.432. The maximum absolute atomic E-state index is 11.5. The van der Waals surface area contributed by atoms with Gasteiger partial charge in [-0.3, -0.25) is 0 Å². The fraction of sp³-hybridized carbons (Fsp3) is 0.143. The molecule has 0 amide bonds. The van der Waals surface area contributed by atoms with E-state index >= 15 is 0 Å². The summed E-state index contributed by atoms with van der Waals surface area (Å²) in [5.41, 5.74) is 1.76. The molecule has 0 aliphatic carbocycles. The minimum Gasteiger partial charge on any atom is -0.465 e. The molecule has 96 valence electrons. The van der Waals surface area contributed by atoms with E-state index in [9.17, 15) is 4.79 Å². The highest BCUT2D eigenvalue weighted by molar-refractivity contribution is 7.17. The summed E-state index contributed by atoms with van der Waals surface area (Å²) in [4.78, 5) is 16.3. The molecule has 19 heavy (non-hydrogen) atoms. The first-order valence-electron chi connectivity index (χ1n) is 5.73. The van der Waals surface area contributed by atoms with Crippen LogP contribution >= 0.6 is 11.3 Å². The third kappa shape index (κ3) is 1.92. The average molecular weight is 273 g/mol. The number of esters is 1. The van der Waals surface area contributed by atoms with Gasteiger partial charge in [-0.2, -0.15) is 0 Å². The number of hydrogen-bond acceptors (Lipinski definition) is 5. The maximum Gasteiger partial charge on any atom is 0.349 e. The van der Waals surface area contributed by atoms with Gasteiger partial charge in [-0.25, -0.2) is 9.78 Å². The third-order valence-electron chi connectivity index (χ3n) is 2.88. The molecule has 0 bridgehead atoms. The lowest BCUT2D eigenvalue weighted by atomic mass is 10.1. The Morgan fingerprint density at radius 3 is 2.95 bits per heavy atom. The number of nitrogens with zero attached hydrogens (tertiary/aromatic N) is 1. The molecule has 0 N–H and O–H groups in total. The zero-order valence-corrected chi connectivity index (χ0v) is 11.3. The highest BCUT2D eigenvalue weighted by atomic mass is 32.1. The van der Waals surface area contributed by atoms with Crippen molar-refractivity contribution >= 4 is 28.3 Å². The Hall–Kier alpha value is -2.14. The molecule has 0 saturated carbocycles. The Balaban J connectivity index is 2.16. The molecule has 0 radical (unpaired) electrons. The van der Waals surface area contributed by atoms with Gasteiger partial charge in [-0.1, -0.05) is 18.2 Å². The standard InChI is InChI=1S/C14H11NO3S/c1-8-12(9-5-3-4-6-10(9)18-8)13-15-7-11(19-13)14(16)17-2/h3-7H,1-2H3. The molecule has 0 fully saturated rings. The number of benzene rings is 1. The molecule has 3 rings (SSSR count). The minimum absolute atomic E-state index is 0.366. The summed E-state index contributed by atoms with van der Waals surface area (Å²) < 4.78 is 10.4. The first-order valence-corrected chi connectivity index (χ1v) is 6.55. The van der Waals surface area contributed by atoms with Gasteiger partial charge in [-0.05, 0) is 13.0 Å². The SMILES string of the molecule is COC(=O)c1cnc(-c2c(C)oc3ccccc23)s1. The van der Waals surface area contributed by atoms with Crippen LogP contribution in [0.25, 0.3) is 21.5 Å². The van der Waals surface area contributed by atoms with Gasteiger partial charge < -0.3 is 9.15 Å². The molecule has 2 heterocycles. The Morgan fingerprint density at radius 2 is 2.16 bits per heavy atom. The van der Waals surface area contributed by atoms with Crippen molar-refractivity contribution in [1.82, 2.24) is 4.98 Å². The Labute approximate surface area is 113 Å². The van der Waals surface area contributed by atoms with Crippen molar-refractivity contribution in [3.05, 3.63) is 41.1 Å². The van der Waals surface area contributed by atoms with Gasteiger partial charge in [0.05, 0.1) is 18.9 Å². The monoisotopic (exact) mass is 273 g/mol. The van der Waals surface area contributed by atoms with Crippen molar-refractivity contribution in [2.75, 3.05) is 7.11 Å². The van der Waals surface area contributed by atoms with E-state index in [0.29, 0.717) is 4.88 Å². The van der Waals surface area contributed by atoms with Gasteiger partial charge in [0, 0.05) is 5.39 Å². The highest BCUT2D eigenvalue weighted by Gasteiger charge is 2.18. The van der Waals surface area contributed by atoms with Crippen molar-refractivity contribution < 1.29 is 13.9 Å². The van der Waals surface area contributed by atoms with Crippen LogP contribution in [0.15, 0.2) is 34.9 Å². The second-order valence-corrected chi connectivity index (χ2v) is 5.08. The smallest absolute Gasteiger partial charge is 0.349 e. The molecule has 0 saturated heterocycles. The average Bonchev–Trinajstić information content (AvgIpc) is 3.00. The summed E-state index contributed by atoms with van der Waals surface area (Å²) in [5, 5.41) is 1.77. The lowest BCUT2D eigenvalue weighted by molar-refractivity contribution is 0.0606. The zero-order chi connectivity index (χ0) is 13.4. The minimum atomic E-state index is -0.366. The third-order valence-corrected chi connectivity index (χ3v) is 3.87. The molecule has 3 aromatic rings. The number of hydrogen-bond donors (Lipinski definition) is 0. The van der Waals surface area contributed by atoms with Gasteiger partial charge in [-0.15, -0.1) is 11.3 Å². The summed E-state index contributed by atoms with van der Waals surface area (Å²) in [6, 6.07) is 7.79. The van der Waals surface area contributed by atoms with Gasteiger partial charge in [0.25, 0.3) is 0 Å². The van der Waals surface area contributed by atoms with Crippen LogP contribution < -0.4 is 0 Å². The Bertz CT molecular complexity index is 757. The predicted molar refractivity (Wildman–Crippen MR) is 73.4 cm³/mol. The first-order chi connectivity index (χ1) is 9.20. The van der Waals surface area contributed by atoms with Crippen LogP contribution in [0.1, 0.15) is 15.4 Å². The highest BCUT2D eigenvalue weighted by Crippen LogP contribution is 2.36. The van der Waals surface area contributed by atoms with E-state index in [1.54, 1.807) is 0 Å². The Kier molecular flexibility index (Phi) is 2.83. The molecule has 4 nitrogen and oxygen atoms in total. The van der Waals surface area contributed by atoms with Gasteiger partial charge in [0.2, 0.25) is 0 Å². The van der Waals surface area contributed by atoms with Crippen molar-refractivity contribution in [3.63, 3.8) is 0 Å². The molecule has 1 aromatic carbocycles. The summed E-state index contributed by atoms with van der Waals surface area (Å²) in [6.07, 6.45) is 1.53. The van der Waals surface area contributed by atoms with Crippen molar-refractivity contribution in [2.24, 2.45) is 0 Å². The van der Waals surface area contributed by atoms with E-state index in [1.165, 1.54) is 24.6 Å². The van der Waals surface area contributed by atoms with E-state index in [-0.39, 0.29) is 5.97 Å². The van der Waals surface area contributed by atoms with Gasteiger partial charge >= 0.3 is 5.97 Å². The van der Waals surface area contributed by atoms with Crippen LogP contribution in [0.5, 0.6) is 0 Å². The number of thiazole rings is 1. The van der Waals surface area contributed by atoms with Gasteiger partial charge in [0.1, 0.15) is 21.2 Å². The molecular formula is C14H11NO3S. The van der Waals surface area contributed by atoms with Crippen molar-refractivity contribution in [2.45, 2.75) is 6.92 Å². The molecular weight excluding hydrogens is 262 g/mol. The molecule has 0 aliphatic rings. The van der Waals surface area contributed by atoms with Crippen LogP contribution in [0, 0.1) is 6.92 Å². The predicted octanol–water partition coefficient (Wildman–Crippen LogP) is 3.65. The molecule has 2 aromatic heterocycles.